The third kappa shape index (κ3) is 3.73. The number of carbonyl (C=O) groups is 1. The Labute approximate surface area is 66.4 Å². The molecule has 0 amide bonds. The van der Waals surface area contributed by atoms with Crippen LogP contribution >= 0.6 is 0 Å². The molecule has 0 aliphatic carbocycles. The van der Waals surface area contributed by atoms with E-state index in [1.54, 1.807) is 0 Å². The fraction of sp³-hybridized carbons (Fsp3) is 0.375. The third-order valence-corrected chi connectivity index (χ3v) is 5.77. The summed E-state index contributed by atoms with van der Waals surface area (Å²) in [5, 5.41) is 0. The second-order valence-electron chi connectivity index (χ2n) is 3.11. The van der Waals surface area contributed by atoms with Gasteiger partial charge in [0.25, 0.3) is 0 Å². The summed E-state index contributed by atoms with van der Waals surface area (Å²) in [6.07, 6.45) is 7.95. The van der Waals surface area contributed by atoms with Crippen molar-refractivity contribution in [2.75, 3.05) is 0 Å². The molecule has 0 heterocycles. The molecule has 54 valence electrons. The molecule has 0 bridgehead atoms. The standard InChI is InChI=1S/C5H3O.3CH3.Sn/c1-2-3-4-5-6;;;;/h1,3-4H;3*1H3;/b4-3+;;;;. The fourth-order valence-electron chi connectivity index (χ4n) is 0.374. The van der Waals surface area contributed by atoms with Gasteiger partial charge in [-0.25, -0.2) is 0 Å². The molecule has 2 heteroatoms. The van der Waals surface area contributed by atoms with E-state index in [0.29, 0.717) is 0 Å². The Morgan fingerprint density at radius 2 is 2.00 bits per heavy atom. The van der Waals surface area contributed by atoms with Gasteiger partial charge in [0.2, 0.25) is 0 Å². The van der Waals surface area contributed by atoms with E-state index in [-0.39, 0.29) is 3.80 Å². The quantitative estimate of drug-likeness (QED) is 0.409. The first-order chi connectivity index (χ1) is 4.48. The molecule has 0 spiro atoms. The third-order valence-electron chi connectivity index (χ3n) is 1.07. The van der Waals surface area contributed by atoms with E-state index < -0.39 is 18.4 Å². The SMILES string of the molecule is C#C/C=C/[C](=O)[Sn]([CH3])([CH3])[CH3]. The Kier molecular flexibility index (Phi) is 3.73. The number of hydrogen-bond donors (Lipinski definition) is 0. The molecule has 0 rings (SSSR count). The molecule has 0 unspecified atom stereocenters. The van der Waals surface area contributed by atoms with Crippen molar-refractivity contribution < 1.29 is 4.79 Å². The van der Waals surface area contributed by atoms with Crippen molar-refractivity contribution in [3.8, 4) is 12.3 Å². The van der Waals surface area contributed by atoms with E-state index in [4.69, 9.17) is 6.42 Å². The second kappa shape index (κ2) is 3.82. The van der Waals surface area contributed by atoms with Crippen molar-refractivity contribution in [3.63, 3.8) is 0 Å². The van der Waals surface area contributed by atoms with Gasteiger partial charge in [-0.05, 0) is 0 Å². The first-order valence-corrected chi connectivity index (χ1v) is 13.1. The van der Waals surface area contributed by atoms with Gasteiger partial charge in [-0.2, -0.15) is 0 Å². The molecule has 1 nitrogen and oxygen atoms in total. The summed E-state index contributed by atoms with van der Waals surface area (Å²) in [4.78, 5) is 17.3. The van der Waals surface area contributed by atoms with Crippen molar-refractivity contribution in [1.82, 2.24) is 0 Å². The van der Waals surface area contributed by atoms with Crippen LogP contribution in [0.2, 0.25) is 14.8 Å². The van der Waals surface area contributed by atoms with Crippen LogP contribution in [0.1, 0.15) is 0 Å². The fourth-order valence-corrected chi connectivity index (χ4v) is 2.04. The van der Waals surface area contributed by atoms with Crippen LogP contribution in [0.15, 0.2) is 12.2 Å². The molecule has 0 aliphatic heterocycles. The first kappa shape index (κ1) is 9.77. The maximum atomic E-state index is 11.1. The summed E-state index contributed by atoms with van der Waals surface area (Å²) >= 11 is -2.29. The van der Waals surface area contributed by atoms with Crippen LogP contribution in [0.5, 0.6) is 0 Å². The molecule has 0 aliphatic rings. The van der Waals surface area contributed by atoms with E-state index in [0.717, 1.165) is 0 Å². The molecule has 0 aromatic rings. The maximum absolute atomic E-state index is 11.1. The van der Waals surface area contributed by atoms with E-state index in [1.807, 2.05) is 0 Å². The Morgan fingerprint density at radius 1 is 1.50 bits per heavy atom. The second-order valence-corrected chi connectivity index (χ2v) is 17.4. The van der Waals surface area contributed by atoms with Crippen LogP contribution in [-0.4, -0.2) is 22.2 Å². The number of allylic oxidation sites excluding steroid dienone is 2. The van der Waals surface area contributed by atoms with E-state index in [1.165, 1.54) is 12.2 Å². The number of terminal acetylenes is 1. The van der Waals surface area contributed by atoms with Gasteiger partial charge < -0.3 is 0 Å². The number of hydrogen-bond acceptors (Lipinski definition) is 1. The molecule has 0 radical (unpaired) electrons. The predicted octanol–water partition coefficient (Wildman–Crippen LogP) is 1.62. The summed E-state index contributed by atoms with van der Waals surface area (Å²) in [5.41, 5.74) is 0. The average molecular weight is 243 g/mol. The monoisotopic (exact) mass is 244 g/mol. The van der Waals surface area contributed by atoms with Crippen LogP contribution in [0.4, 0.5) is 0 Å². The molecular weight excluding hydrogens is 231 g/mol. The van der Waals surface area contributed by atoms with E-state index >= 15 is 0 Å². The van der Waals surface area contributed by atoms with Gasteiger partial charge >= 0.3 is 66.3 Å². The van der Waals surface area contributed by atoms with Gasteiger partial charge in [0.1, 0.15) is 0 Å². The number of rotatable bonds is 2. The molecule has 0 N–H and O–H groups in total. The summed E-state index contributed by atoms with van der Waals surface area (Å²) in [5.74, 6) is 2.30. The van der Waals surface area contributed by atoms with Crippen LogP contribution in [0.25, 0.3) is 0 Å². The minimum absolute atomic E-state index is 0.271. The van der Waals surface area contributed by atoms with Gasteiger partial charge in [0, 0.05) is 0 Å². The molecule has 0 atom stereocenters. The molecule has 0 saturated carbocycles. The normalized spacial score (nSPS) is 11.4. The van der Waals surface area contributed by atoms with Gasteiger partial charge in [-0.1, -0.05) is 0 Å². The van der Waals surface area contributed by atoms with Gasteiger partial charge in [-0.3, -0.25) is 0 Å². The van der Waals surface area contributed by atoms with Crippen molar-refractivity contribution in [3.05, 3.63) is 12.2 Å². The molecule has 10 heavy (non-hydrogen) atoms. The minimum atomic E-state index is -2.29. The van der Waals surface area contributed by atoms with Crippen molar-refractivity contribution in [2.24, 2.45) is 0 Å². The Hall–Kier alpha value is -0.231. The zero-order valence-electron chi connectivity index (χ0n) is 6.64. The summed E-state index contributed by atoms with van der Waals surface area (Å²) in [6, 6.07) is 0. The van der Waals surface area contributed by atoms with Crippen molar-refractivity contribution >= 4 is 22.2 Å². The van der Waals surface area contributed by atoms with Crippen molar-refractivity contribution in [2.45, 2.75) is 14.8 Å². The first-order valence-electron chi connectivity index (χ1n) is 3.15. The zero-order valence-corrected chi connectivity index (χ0v) is 9.49. The van der Waals surface area contributed by atoms with Crippen LogP contribution in [0.3, 0.4) is 0 Å². The van der Waals surface area contributed by atoms with Gasteiger partial charge in [0.15, 0.2) is 0 Å². The summed E-state index contributed by atoms with van der Waals surface area (Å²) in [7, 11) is 0. The Bertz CT molecular complexity index is 190. The molecule has 0 aromatic heterocycles. The predicted molar refractivity (Wildman–Crippen MR) is 46.3 cm³/mol. The van der Waals surface area contributed by atoms with Gasteiger partial charge in [-0.15, -0.1) is 0 Å². The number of carbonyl (C=O) groups excluding carboxylic acids is 1. The Balaban J connectivity index is 4.15. The zero-order chi connectivity index (χ0) is 8.20. The van der Waals surface area contributed by atoms with Gasteiger partial charge in [0.05, 0.1) is 0 Å². The average Bonchev–Trinajstić information content (AvgIpc) is 1.80. The summed E-state index contributed by atoms with van der Waals surface area (Å²) < 4.78 is 0.271. The molecule has 0 aromatic carbocycles. The van der Waals surface area contributed by atoms with Crippen LogP contribution in [-0.2, 0) is 4.79 Å². The summed E-state index contributed by atoms with van der Waals surface area (Å²) in [6.45, 7) is 0. The van der Waals surface area contributed by atoms with E-state index in [2.05, 4.69) is 20.7 Å². The molecule has 0 fully saturated rings. The molecule has 0 saturated heterocycles. The topological polar surface area (TPSA) is 17.1 Å². The van der Waals surface area contributed by atoms with E-state index in [9.17, 15) is 4.79 Å². The van der Waals surface area contributed by atoms with Crippen LogP contribution in [0, 0.1) is 12.3 Å². The Morgan fingerprint density at radius 3 is 2.30 bits per heavy atom. The van der Waals surface area contributed by atoms with Crippen molar-refractivity contribution in [1.29, 1.82) is 0 Å². The van der Waals surface area contributed by atoms with Crippen LogP contribution < -0.4 is 0 Å². The molecular formula is C8H12OSn.